The van der Waals surface area contributed by atoms with Crippen LogP contribution < -0.4 is 10.6 Å². The van der Waals surface area contributed by atoms with E-state index < -0.39 is 0 Å². The monoisotopic (exact) mass is 256 g/mol. The third-order valence-corrected chi connectivity index (χ3v) is 2.91. The van der Waals surface area contributed by atoms with Crippen LogP contribution in [0.15, 0.2) is 36.4 Å². The number of anilines is 2. The van der Waals surface area contributed by atoms with E-state index in [9.17, 15) is 0 Å². The lowest BCUT2D eigenvalue weighted by Gasteiger charge is -2.09. The molecule has 0 fully saturated rings. The van der Waals surface area contributed by atoms with Gasteiger partial charge in [0.05, 0.1) is 0 Å². The maximum absolute atomic E-state index is 4.47. The van der Waals surface area contributed by atoms with Crippen molar-refractivity contribution in [3.05, 3.63) is 47.8 Å². The van der Waals surface area contributed by atoms with Gasteiger partial charge in [-0.25, -0.2) is 9.97 Å². The molecule has 0 saturated carbocycles. The van der Waals surface area contributed by atoms with E-state index in [1.54, 1.807) is 0 Å². The lowest BCUT2D eigenvalue weighted by Crippen LogP contribution is -2.09. The quantitative estimate of drug-likeness (QED) is 0.834. The van der Waals surface area contributed by atoms with Crippen LogP contribution in [0.4, 0.5) is 11.6 Å². The minimum absolute atomic E-state index is 0.836. The van der Waals surface area contributed by atoms with Crippen LogP contribution in [0.2, 0.25) is 0 Å². The second-order valence-corrected chi connectivity index (χ2v) is 4.32. The average Bonchev–Trinajstić information content (AvgIpc) is 2.48. The minimum Gasteiger partial charge on any atom is -0.373 e. The Morgan fingerprint density at radius 1 is 1.05 bits per heavy atom. The van der Waals surface area contributed by atoms with Crippen molar-refractivity contribution in [1.29, 1.82) is 0 Å². The molecule has 0 amide bonds. The number of aromatic nitrogens is 2. The molecule has 2 rings (SSSR count). The lowest BCUT2D eigenvalue weighted by molar-refractivity contribution is 0.927. The Morgan fingerprint density at radius 2 is 1.79 bits per heavy atom. The fourth-order valence-electron chi connectivity index (χ4n) is 1.85. The van der Waals surface area contributed by atoms with Crippen LogP contribution in [0, 0.1) is 0 Å². The first-order chi connectivity index (χ1) is 9.31. The van der Waals surface area contributed by atoms with Crippen molar-refractivity contribution >= 4 is 11.6 Å². The Morgan fingerprint density at radius 3 is 2.47 bits per heavy atom. The van der Waals surface area contributed by atoms with Gasteiger partial charge in [0.2, 0.25) is 0 Å². The Hall–Kier alpha value is -2.10. The molecular weight excluding hydrogens is 236 g/mol. The standard InChI is InChI=1S/C15H20N4/c1-3-13-18-14(16-2)11-15(19-13)17-10-9-12-7-5-4-6-8-12/h4-8,11H,3,9-10H2,1-2H3,(H2,16,17,18,19). The maximum Gasteiger partial charge on any atom is 0.132 e. The molecule has 0 aliphatic heterocycles. The topological polar surface area (TPSA) is 49.8 Å². The molecular formula is C15H20N4. The fraction of sp³-hybridized carbons (Fsp3) is 0.333. The number of hydrogen-bond acceptors (Lipinski definition) is 4. The summed E-state index contributed by atoms with van der Waals surface area (Å²) in [6, 6.07) is 12.4. The third kappa shape index (κ3) is 3.95. The minimum atomic E-state index is 0.836. The van der Waals surface area contributed by atoms with Crippen LogP contribution in [0.5, 0.6) is 0 Å². The highest BCUT2D eigenvalue weighted by molar-refractivity contribution is 5.47. The van der Waals surface area contributed by atoms with Gasteiger partial charge in [-0.1, -0.05) is 37.3 Å². The zero-order valence-corrected chi connectivity index (χ0v) is 11.5. The molecule has 2 aromatic rings. The van der Waals surface area contributed by atoms with Gasteiger partial charge >= 0.3 is 0 Å². The van der Waals surface area contributed by atoms with Crippen LogP contribution in [-0.2, 0) is 12.8 Å². The summed E-state index contributed by atoms with van der Waals surface area (Å²) < 4.78 is 0. The van der Waals surface area contributed by atoms with E-state index in [0.29, 0.717) is 0 Å². The summed E-state index contributed by atoms with van der Waals surface area (Å²) >= 11 is 0. The van der Waals surface area contributed by atoms with Crippen molar-refractivity contribution in [3.8, 4) is 0 Å². The molecule has 2 N–H and O–H groups in total. The van der Waals surface area contributed by atoms with Crippen LogP contribution in [0.25, 0.3) is 0 Å². The molecule has 4 heteroatoms. The van der Waals surface area contributed by atoms with Gasteiger partial charge in [-0.2, -0.15) is 0 Å². The predicted octanol–water partition coefficient (Wildman–Crippen LogP) is 2.74. The molecule has 100 valence electrons. The van der Waals surface area contributed by atoms with E-state index in [1.807, 2.05) is 19.2 Å². The zero-order chi connectivity index (χ0) is 13.5. The number of aryl methyl sites for hydroxylation is 1. The van der Waals surface area contributed by atoms with E-state index in [-0.39, 0.29) is 0 Å². The first-order valence-corrected chi connectivity index (χ1v) is 6.65. The van der Waals surface area contributed by atoms with Crippen LogP contribution in [0.3, 0.4) is 0 Å². The van der Waals surface area contributed by atoms with Gasteiger partial charge in [0.25, 0.3) is 0 Å². The Kier molecular flexibility index (Phi) is 4.72. The summed E-state index contributed by atoms with van der Waals surface area (Å²) in [7, 11) is 1.87. The number of benzene rings is 1. The Labute approximate surface area is 114 Å². The van der Waals surface area contributed by atoms with E-state index in [4.69, 9.17) is 0 Å². The number of nitrogens with zero attached hydrogens (tertiary/aromatic N) is 2. The predicted molar refractivity (Wildman–Crippen MR) is 79.6 cm³/mol. The summed E-state index contributed by atoms with van der Waals surface area (Å²) in [5.41, 5.74) is 1.33. The summed E-state index contributed by atoms with van der Waals surface area (Å²) in [6.07, 6.45) is 1.82. The van der Waals surface area contributed by atoms with Crippen molar-refractivity contribution in [2.24, 2.45) is 0 Å². The molecule has 0 spiro atoms. The summed E-state index contributed by atoms with van der Waals surface area (Å²) in [4.78, 5) is 8.84. The van der Waals surface area contributed by atoms with Crippen molar-refractivity contribution in [2.45, 2.75) is 19.8 Å². The summed E-state index contributed by atoms with van der Waals surface area (Å²) in [5, 5.41) is 6.41. The normalized spacial score (nSPS) is 10.2. The highest BCUT2D eigenvalue weighted by Crippen LogP contribution is 2.11. The van der Waals surface area contributed by atoms with E-state index in [1.165, 1.54) is 5.56 Å². The lowest BCUT2D eigenvalue weighted by atomic mass is 10.1. The van der Waals surface area contributed by atoms with Gasteiger partial charge in [-0.3, -0.25) is 0 Å². The highest BCUT2D eigenvalue weighted by Gasteiger charge is 2.02. The second-order valence-electron chi connectivity index (χ2n) is 4.32. The van der Waals surface area contributed by atoms with E-state index in [2.05, 4.69) is 51.8 Å². The highest BCUT2D eigenvalue weighted by atomic mass is 15.1. The van der Waals surface area contributed by atoms with Crippen molar-refractivity contribution in [2.75, 3.05) is 24.2 Å². The number of nitrogens with one attached hydrogen (secondary N) is 2. The zero-order valence-electron chi connectivity index (χ0n) is 11.5. The van der Waals surface area contributed by atoms with Gasteiger partial charge in [0.1, 0.15) is 17.5 Å². The molecule has 1 heterocycles. The van der Waals surface area contributed by atoms with Crippen molar-refractivity contribution in [1.82, 2.24) is 9.97 Å². The smallest absolute Gasteiger partial charge is 0.132 e. The first-order valence-electron chi connectivity index (χ1n) is 6.65. The molecule has 0 aliphatic carbocycles. The fourth-order valence-corrected chi connectivity index (χ4v) is 1.85. The average molecular weight is 256 g/mol. The maximum atomic E-state index is 4.47. The molecule has 4 nitrogen and oxygen atoms in total. The third-order valence-electron chi connectivity index (χ3n) is 2.91. The number of rotatable bonds is 6. The van der Waals surface area contributed by atoms with Gasteiger partial charge in [-0.15, -0.1) is 0 Å². The Balaban J connectivity index is 1.95. The molecule has 1 aromatic carbocycles. The molecule has 0 atom stereocenters. The van der Waals surface area contributed by atoms with Crippen molar-refractivity contribution in [3.63, 3.8) is 0 Å². The molecule has 0 saturated heterocycles. The molecule has 0 aliphatic rings. The van der Waals surface area contributed by atoms with Crippen LogP contribution in [0.1, 0.15) is 18.3 Å². The SMILES string of the molecule is CCc1nc(NC)cc(NCCc2ccccc2)n1. The molecule has 1 aromatic heterocycles. The second kappa shape index (κ2) is 6.73. The molecule has 0 radical (unpaired) electrons. The number of hydrogen-bond donors (Lipinski definition) is 2. The molecule has 19 heavy (non-hydrogen) atoms. The molecule has 0 unspecified atom stereocenters. The van der Waals surface area contributed by atoms with E-state index in [0.717, 1.165) is 36.8 Å². The molecule has 0 bridgehead atoms. The van der Waals surface area contributed by atoms with Crippen LogP contribution in [-0.4, -0.2) is 23.6 Å². The van der Waals surface area contributed by atoms with Gasteiger partial charge in [0, 0.05) is 26.1 Å². The van der Waals surface area contributed by atoms with Gasteiger partial charge in [-0.05, 0) is 12.0 Å². The van der Waals surface area contributed by atoms with Crippen molar-refractivity contribution < 1.29 is 0 Å². The summed E-state index contributed by atoms with van der Waals surface area (Å²) in [6.45, 7) is 2.93. The first kappa shape index (κ1) is 13.3. The van der Waals surface area contributed by atoms with Crippen LogP contribution >= 0.6 is 0 Å². The largest absolute Gasteiger partial charge is 0.373 e. The van der Waals surface area contributed by atoms with E-state index >= 15 is 0 Å². The van der Waals surface area contributed by atoms with Gasteiger partial charge < -0.3 is 10.6 Å². The Bertz CT molecular complexity index is 489. The summed E-state index contributed by atoms with van der Waals surface area (Å²) in [5.74, 6) is 2.59. The van der Waals surface area contributed by atoms with Gasteiger partial charge in [0.15, 0.2) is 0 Å².